The van der Waals surface area contributed by atoms with Crippen LogP contribution in [0.2, 0.25) is 0 Å². The molecule has 0 atom stereocenters. The molecule has 0 aromatic carbocycles. The van der Waals surface area contributed by atoms with E-state index in [1.807, 2.05) is 0 Å². The predicted molar refractivity (Wildman–Crippen MR) is 72.4 cm³/mol. The standard InChI is InChI=1S/C14H20N2O3/c1-19-11-7-5-10(6-8-11)9-15-13-4-2-3-12(16-13)14(17)18/h2-4,10-11H,5-9H2,1H3,(H,15,16)(H,17,18). The van der Waals surface area contributed by atoms with Crippen LogP contribution in [0.3, 0.4) is 0 Å². The van der Waals surface area contributed by atoms with Crippen LogP contribution in [0.4, 0.5) is 5.82 Å². The van der Waals surface area contributed by atoms with Crippen molar-refractivity contribution in [1.82, 2.24) is 4.98 Å². The first-order valence-corrected chi connectivity index (χ1v) is 6.66. The number of methoxy groups -OCH3 is 1. The van der Waals surface area contributed by atoms with Gasteiger partial charge in [-0.1, -0.05) is 6.07 Å². The number of aromatic carboxylic acids is 1. The number of pyridine rings is 1. The van der Waals surface area contributed by atoms with Gasteiger partial charge in [-0.3, -0.25) is 0 Å². The molecule has 104 valence electrons. The van der Waals surface area contributed by atoms with Gasteiger partial charge in [0.25, 0.3) is 0 Å². The van der Waals surface area contributed by atoms with Crippen LogP contribution in [0.5, 0.6) is 0 Å². The number of ether oxygens (including phenoxy) is 1. The van der Waals surface area contributed by atoms with Crippen molar-refractivity contribution in [3.63, 3.8) is 0 Å². The highest BCUT2D eigenvalue weighted by Crippen LogP contribution is 2.25. The zero-order chi connectivity index (χ0) is 13.7. The van der Waals surface area contributed by atoms with Crippen molar-refractivity contribution in [1.29, 1.82) is 0 Å². The van der Waals surface area contributed by atoms with Gasteiger partial charge in [0.15, 0.2) is 5.69 Å². The van der Waals surface area contributed by atoms with Gasteiger partial charge in [0.2, 0.25) is 0 Å². The highest BCUT2D eigenvalue weighted by molar-refractivity contribution is 5.85. The third-order valence-electron chi connectivity index (χ3n) is 3.67. The molecule has 1 aliphatic rings. The average molecular weight is 264 g/mol. The summed E-state index contributed by atoms with van der Waals surface area (Å²) in [4.78, 5) is 14.9. The summed E-state index contributed by atoms with van der Waals surface area (Å²) in [6, 6.07) is 5.01. The summed E-state index contributed by atoms with van der Waals surface area (Å²) in [6.45, 7) is 0.840. The van der Waals surface area contributed by atoms with Crippen LogP contribution in [0.25, 0.3) is 0 Å². The molecule has 1 heterocycles. The number of anilines is 1. The molecule has 1 aromatic heterocycles. The van der Waals surface area contributed by atoms with Gasteiger partial charge in [-0.2, -0.15) is 0 Å². The number of nitrogens with one attached hydrogen (secondary N) is 1. The lowest BCUT2D eigenvalue weighted by Crippen LogP contribution is -2.25. The van der Waals surface area contributed by atoms with E-state index in [2.05, 4.69) is 10.3 Å². The van der Waals surface area contributed by atoms with Crippen molar-refractivity contribution >= 4 is 11.8 Å². The van der Waals surface area contributed by atoms with Gasteiger partial charge in [-0.15, -0.1) is 0 Å². The Hall–Kier alpha value is -1.62. The molecule has 0 spiro atoms. The summed E-state index contributed by atoms with van der Waals surface area (Å²) >= 11 is 0. The van der Waals surface area contributed by atoms with Crippen LogP contribution < -0.4 is 5.32 Å². The van der Waals surface area contributed by atoms with Gasteiger partial charge in [0.1, 0.15) is 5.82 Å². The lowest BCUT2D eigenvalue weighted by Gasteiger charge is -2.27. The fraction of sp³-hybridized carbons (Fsp3) is 0.571. The molecule has 1 saturated carbocycles. The number of hydrogen-bond donors (Lipinski definition) is 2. The molecule has 1 aliphatic carbocycles. The lowest BCUT2D eigenvalue weighted by molar-refractivity contribution is 0.0585. The Labute approximate surface area is 113 Å². The maximum atomic E-state index is 10.8. The van der Waals surface area contributed by atoms with Crippen LogP contribution in [0.15, 0.2) is 18.2 Å². The average Bonchev–Trinajstić information content (AvgIpc) is 2.46. The maximum absolute atomic E-state index is 10.8. The summed E-state index contributed by atoms with van der Waals surface area (Å²) < 4.78 is 5.35. The Morgan fingerprint density at radius 1 is 1.42 bits per heavy atom. The molecule has 2 rings (SSSR count). The number of carboxylic acids is 1. The molecular formula is C14H20N2O3. The van der Waals surface area contributed by atoms with Crippen LogP contribution in [0, 0.1) is 5.92 Å². The van der Waals surface area contributed by atoms with E-state index in [0.29, 0.717) is 17.8 Å². The number of hydrogen-bond acceptors (Lipinski definition) is 4. The quantitative estimate of drug-likeness (QED) is 0.854. The number of nitrogens with zero attached hydrogens (tertiary/aromatic N) is 1. The van der Waals surface area contributed by atoms with Crippen LogP contribution >= 0.6 is 0 Å². The highest BCUT2D eigenvalue weighted by atomic mass is 16.5. The SMILES string of the molecule is COC1CCC(CNc2cccc(C(=O)O)n2)CC1. The molecule has 1 fully saturated rings. The molecule has 2 N–H and O–H groups in total. The Balaban J connectivity index is 1.82. The van der Waals surface area contributed by atoms with Crippen molar-refractivity contribution < 1.29 is 14.6 Å². The van der Waals surface area contributed by atoms with E-state index in [9.17, 15) is 4.79 Å². The normalized spacial score (nSPS) is 23.0. The number of rotatable bonds is 5. The Morgan fingerprint density at radius 3 is 2.79 bits per heavy atom. The van der Waals surface area contributed by atoms with Gasteiger partial charge in [0.05, 0.1) is 6.10 Å². The minimum atomic E-state index is -0.996. The van der Waals surface area contributed by atoms with E-state index < -0.39 is 5.97 Å². The van der Waals surface area contributed by atoms with Gasteiger partial charge in [-0.25, -0.2) is 9.78 Å². The number of aromatic nitrogens is 1. The maximum Gasteiger partial charge on any atom is 0.354 e. The second kappa shape index (κ2) is 6.52. The minimum Gasteiger partial charge on any atom is -0.477 e. The van der Waals surface area contributed by atoms with Crippen molar-refractivity contribution in [3.8, 4) is 0 Å². The van der Waals surface area contributed by atoms with Crippen LogP contribution in [-0.4, -0.2) is 35.8 Å². The molecule has 0 unspecified atom stereocenters. The second-order valence-electron chi connectivity index (χ2n) is 4.97. The molecule has 0 radical (unpaired) electrons. The predicted octanol–water partition coefficient (Wildman–Crippen LogP) is 2.40. The molecule has 5 heteroatoms. The third kappa shape index (κ3) is 3.92. The largest absolute Gasteiger partial charge is 0.477 e. The molecular weight excluding hydrogens is 244 g/mol. The fourth-order valence-electron chi connectivity index (χ4n) is 2.47. The summed E-state index contributed by atoms with van der Waals surface area (Å²) in [7, 11) is 1.77. The van der Waals surface area contributed by atoms with Gasteiger partial charge in [-0.05, 0) is 43.7 Å². The number of carbonyl (C=O) groups is 1. The topological polar surface area (TPSA) is 71.5 Å². The van der Waals surface area contributed by atoms with E-state index in [1.165, 1.54) is 6.07 Å². The zero-order valence-corrected chi connectivity index (χ0v) is 11.1. The van der Waals surface area contributed by atoms with E-state index in [0.717, 1.165) is 32.2 Å². The second-order valence-corrected chi connectivity index (χ2v) is 4.97. The van der Waals surface area contributed by atoms with E-state index in [-0.39, 0.29) is 5.69 Å². The molecule has 0 aliphatic heterocycles. The lowest BCUT2D eigenvalue weighted by atomic mass is 9.87. The van der Waals surface area contributed by atoms with Crippen molar-refractivity contribution in [2.75, 3.05) is 19.0 Å². The zero-order valence-electron chi connectivity index (χ0n) is 11.1. The first-order valence-electron chi connectivity index (χ1n) is 6.66. The molecule has 0 amide bonds. The molecule has 1 aromatic rings. The van der Waals surface area contributed by atoms with Crippen LogP contribution in [-0.2, 0) is 4.74 Å². The minimum absolute atomic E-state index is 0.0769. The van der Waals surface area contributed by atoms with E-state index >= 15 is 0 Å². The van der Waals surface area contributed by atoms with E-state index in [4.69, 9.17) is 9.84 Å². The monoisotopic (exact) mass is 264 g/mol. The van der Waals surface area contributed by atoms with Gasteiger partial charge in [0, 0.05) is 13.7 Å². The first-order chi connectivity index (χ1) is 9.19. The highest BCUT2D eigenvalue weighted by Gasteiger charge is 2.20. The fourth-order valence-corrected chi connectivity index (χ4v) is 2.47. The Bertz CT molecular complexity index is 428. The molecule has 0 saturated heterocycles. The van der Waals surface area contributed by atoms with Crippen molar-refractivity contribution in [2.45, 2.75) is 31.8 Å². The molecule has 0 bridgehead atoms. The molecule has 5 nitrogen and oxygen atoms in total. The third-order valence-corrected chi connectivity index (χ3v) is 3.67. The summed E-state index contributed by atoms with van der Waals surface area (Å²) in [5, 5.41) is 12.1. The summed E-state index contributed by atoms with van der Waals surface area (Å²) in [5.41, 5.74) is 0.0769. The van der Waals surface area contributed by atoms with Gasteiger partial charge < -0.3 is 15.2 Å². The van der Waals surface area contributed by atoms with E-state index in [1.54, 1.807) is 19.2 Å². The van der Waals surface area contributed by atoms with Crippen molar-refractivity contribution in [2.24, 2.45) is 5.92 Å². The summed E-state index contributed by atoms with van der Waals surface area (Å²) in [5.74, 6) is 0.250. The first kappa shape index (κ1) is 13.8. The molecule has 19 heavy (non-hydrogen) atoms. The smallest absolute Gasteiger partial charge is 0.354 e. The Kier molecular flexibility index (Phi) is 4.74. The summed E-state index contributed by atoms with van der Waals surface area (Å²) in [6.07, 6.45) is 4.90. The Morgan fingerprint density at radius 2 is 2.16 bits per heavy atom. The van der Waals surface area contributed by atoms with Gasteiger partial charge >= 0.3 is 5.97 Å². The van der Waals surface area contributed by atoms with Crippen LogP contribution in [0.1, 0.15) is 36.2 Å². The van der Waals surface area contributed by atoms with Crippen molar-refractivity contribution in [3.05, 3.63) is 23.9 Å². The number of carboxylic acid groups (broad SMARTS) is 1.